The van der Waals surface area contributed by atoms with Gasteiger partial charge in [-0.15, -0.1) is 0 Å². The van der Waals surface area contributed by atoms with Gasteiger partial charge < -0.3 is 19.5 Å². The van der Waals surface area contributed by atoms with Crippen molar-refractivity contribution in [3.05, 3.63) is 42.5 Å². The Kier molecular flexibility index (Phi) is 6.71. The molecule has 8 nitrogen and oxygen atoms in total. The second-order valence-electron chi connectivity index (χ2n) is 7.33. The average Bonchev–Trinajstić information content (AvgIpc) is 2.72. The fourth-order valence-electron chi connectivity index (χ4n) is 2.72. The maximum absolute atomic E-state index is 12.7. The lowest BCUT2D eigenvalue weighted by Crippen LogP contribution is -2.38. The van der Waals surface area contributed by atoms with E-state index in [1.165, 1.54) is 24.3 Å². The molecule has 2 aromatic rings. The number of fused-ring (bicyclic) bond motifs is 1. The highest BCUT2D eigenvalue weighted by atomic mass is 32.2. The Balaban J connectivity index is 1.64. The van der Waals surface area contributed by atoms with Gasteiger partial charge in [0.1, 0.15) is 19.0 Å². The Labute approximate surface area is 176 Å². The van der Waals surface area contributed by atoms with Gasteiger partial charge in [0, 0.05) is 12.6 Å². The SMILES string of the molecule is CC(C)CNC(=O)[C@@H](C)Oc1ccc(S(=O)(=O)Nc2ccc3c(c2)OCCO3)cc1. The summed E-state index contributed by atoms with van der Waals surface area (Å²) in [5, 5.41) is 2.80. The number of nitrogens with one attached hydrogen (secondary N) is 2. The van der Waals surface area contributed by atoms with E-state index in [0.29, 0.717) is 48.6 Å². The van der Waals surface area contributed by atoms with Crippen molar-refractivity contribution in [1.29, 1.82) is 0 Å². The maximum Gasteiger partial charge on any atom is 0.261 e. The molecule has 0 aromatic heterocycles. The van der Waals surface area contributed by atoms with Gasteiger partial charge in [0.2, 0.25) is 0 Å². The van der Waals surface area contributed by atoms with Crippen LogP contribution in [0.3, 0.4) is 0 Å². The van der Waals surface area contributed by atoms with Crippen molar-refractivity contribution >= 4 is 21.6 Å². The lowest BCUT2D eigenvalue weighted by atomic mass is 10.2. The van der Waals surface area contributed by atoms with Gasteiger partial charge >= 0.3 is 0 Å². The molecule has 3 rings (SSSR count). The highest BCUT2D eigenvalue weighted by molar-refractivity contribution is 7.92. The highest BCUT2D eigenvalue weighted by Gasteiger charge is 2.19. The van der Waals surface area contributed by atoms with Gasteiger partial charge in [0.05, 0.1) is 10.6 Å². The lowest BCUT2D eigenvalue weighted by molar-refractivity contribution is -0.127. The summed E-state index contributed by atoms with van der Waals surface area (Å²) in [5.74, 6) is 1.60. The molecular weight excluding hydrogens is 408 g/mol. The number of sulfonamides is 1. The zero-order valence-corrected chi connectivity index (χ0v) is 18.0. The van der Waals surface area contributed by atoms with Crippen LogP contribution in [0.5, 0.6) is 17.2 Å². The largest absolute Gasteiger partial charge is 0.486 e. The fraction of sp³-hybridized carbons (Fsp3) is 0.381. The molecule has 1 heterocycles. The Morgan fingerprint density at radius 2 is 1.70 bits per heavy atom. The summed E-state index contributed by atoms with van der Waals surface area (Å²) in [5.41, 5.74) is 0.370. The molecule has 0 radical (unpaired) electrons. The molecule has 0 saturated carbocycles. The van der Waals surface area contributed by atoms with Crippen LogP contribution in [0.25, 0.3) is 0 Å². The van der Waals surface area contributed by atoms with Crippen LogP contribution in [0.2, 0.25) is 0 Å². The van der Waals surface area contributed by atoms with Crippen molar-refractivity contribution in [2.24, 2.45) is 5.92 Å². The maximum atomic E-state index is 12.7. The average molecular weight is 435 g/mol. The molecule has 9 heteroatoms. The number of hydrogen-bond acceptors (Lipinski definition) is 6. The predicted molar refractivity (Wildman–Crippen MR) is 113 cm³/mol. The molecule has 0 bridgehead atoms. The molecule has 0 fully saturated rings. The molecular formula is C21H26N2O6S. The van der Waals surface area contributed by atoms with Gasteiger partial charge in [-0.25, -0.2) is 8.42 Å². The fourth-order valence-corrected chi connectivity index (χ4v) is 3.77. The van der Waals surface area contributed by atoms with Crippen molar-refractivity contribution in [2.75, 3.05) is 24.5 Å². The first-order valence-electron chi connectivity index (χ1n) is 9.71. The van der Waals surface area contributed by atoms with E-state index in [-0.39, 0.29) is 10.8 Å². The topological polar surface area (TPSA) is 103 Å². The second-order valence-corrected chi connectivity index (χ2v) is 9.02. The van der Waals surface area contributed by atoms with Crippen LogP contribution in [-0.4, -0.2) is 40.2 Å². The van der Waals surface area contributed by atoms with E-state index in [2.05, 4.69) is 10.0 Å². The molecule has 2 N–H and O–H groups in total. The quantitative estimate of drug-likeness (QED) is 0.662. The molecule has 0 unspecified atom stereocenters. The van der Waals surface area contributed by atoms with Crippen LogP contribution >= 0.6 is 0 Å². The van der Waals surface area contributed by atoms with Crippen LogP contribution in [-0.2, 0) is 14.8 Å². The van der Waals surface area contributed by atoms with Crippen molar-refractivity contribution in [1.82, 2.24) is 5.32 Å². The summed E-state index contributed by atoms with van der Waals surface area (Å²) < 4.78 is 44.4. The molecule has 1 amide bonds. The van der Waals surface area contributed by atoms with Crippen molar-refractivity contribution in [2.45, 2.75) is 31.8 Å². The summed E-state index contributed by atoms with van der Waals surface area (Å²) in [6, 6.07) is 10.7. The molecule has 0 aliphatic carbocycles. The monoisotopic (exact) mass is 434 g/mol. The zero-order valence-electron chi connectivity index (χ0n) is 17.2. The first kappa shape index (κ1) is 21.8. The molecule has 2 aromatic carbocycles. The minimum Gasteiger partial charge on any atom is -0.486 e. The molecule has 1 atom stereocenters. The summed E-state index contributed by atoms with van der Waals surface area (Å²) in [4.78, 5) is 12.1. The van der Waals surface area contributed by atoms with E-state index >= 15 is 0 Å². The van der Waals surface area contributed by atoms with Gasteiger partial charge in [-0.3, -0.25) is 9.52 Å². The number of carbonyl (C=O) groups excluding carboxylic acids is 1. The molecule has 0 saturated heterocycles. The number of benzene rings is 2. The molecule has 1 aliphatic heterocycles. The highest BCUT2D eigenvalue weighted by Crippen LogP contribution is 2.33. The minimum atomic E-state index is -3.80. The van der Waals surface area contributed by atoms with Gasteiger partial charge in [-0.1, -0.05) is 13.8 Å². The van der Waals surface area contributed by atoms with Gasteiger partial charge in [-0.05, 0) is 49.2 Å². The molecule has 0 spiro atoms. The van der Waals surface area contributed by atoms with Crippen molar-refractivity contribution in [3.63, 3.8) is 0 Å². The number of ether oxygens (including phenoxy) is 3. The normalized spacial score (nSPS) is 14.1. The lowest BCUT2D eigenvalue weighted by Gasteiger charge is -2.19. The van der Waals surface area contributed by atoms with E-state index in [4.69, 9.17) is 14.2 Å². The Morgan fingerprint density at radius 3 is 2.37 bits per heavy atom. The van der Waals surface area contributed by atoms with Crippen LogP contribution in [0, 0.1) is 5.92 Å². The van der Waals surface area contributed by atoms with E-state index in [1.807, 2.05) is 13.8 Å². The van der Waals surface area contributed by atoms with Crippen LogP contribution in [0.15, 0.2) is 47.4 Å². The van der Waals surface area contributed by atoms with E-state index in [1.54, 1.807) is 25.1 Å². The summed E-state index contributed by atoms with van der Waals surface area (Å²) in [7, 11) is -3.80. The first-order chi connectivity index (χ1) is 14.2. The summed E-state index contributed by atoms with van der Waals surface area (Å²) in [6.45, 7) is 7.09. The third kappa shape index (κ3) is 5.56. The molecule has 1 aliphatic rings. The van der Waals surface area contributed by atoms with Crippen LogP contribution < -0.4 is 24.2 Å². The molecule has 162 valence electrons. The smallest absolute Gasteiger partial charge is 0.261 e. The first-order valence-corrected chi connectivity index (χ1v) is 11.2. The van der Waals surface area contributed by atoms with Gasteiger partial charge in [-0.2, -0.15) is 0 Å². The number of rotatable bonds is 8. The number of carbonyl (C=O) groups is 1. The van der Waals surface area contributed by atoms with Gasteiger partial charge in [0.25, 0.3) is 15.9 Å². The number of anilines is 1. The minimum absolute atomic E-state index is 0.0710. The van der Waals surface area contributed by atoms with E-state index in [9.17, 15) is 13.2 Å². The third-order valence-electron chi connectivity index (χ3n) is 4.30. The number of amides is 1. The number of hydrogen-bond donors (Lipinski definition) is 2. The molecule has 30 heavy (non-hydrogen) atoms. The van der Waals surface area contributed by atoms with Crippen molar-refractivity contribution in [3.8, 4) is 17.2 Å². The Morgan fingerprint density at radius 1 is 1.03 bits per heavy atom. The Bertz CT molecular complexity index is 989. The second kappa shape index (κ2) is 9.25. The van der Waals surface area contributed by atoms with Crippen LogP contribution in [0.4, 0.5) is 5.69 Å². The van der Waals surface area contributed by atoms with E-state index in [0.717, 1.165) is 0 Å². The predicted octanol–water partition coefficient (Wildman–Crippen LogP) is 2.80. The van der Waals surface area contributed by atoms with Crippen LogP contribution in [0.1, 0.15) is 20.8 Å². The third-order valence-corrected chi connectivity index (χ3v) is 5.69. The van der Waals surface area contributed by atoms with E-state index < -0.39 is 16.1 Å². The van der Waals surface area contributed by atoms with Gasteiger partial charge in [0.15, 0.2) is 17.6 Å². The Hall–Kier alpha value is -2.94. The summed E-state index contributed by atoms with van der Waals surface area (Å²) >= 11 is 0. The zero-order chi connectivity index (χ0) is 21.7. The van der Waals surface area contributed by atoms with Crippen molar-refractivity contribution < 1.29 is 27.4 Å². The summed E-state index contributed by atoms with van der Waals surface area (Å²) in [6.07, 6.45) is -0.693. The standard InChI is InChI=1S/C21H26N2O6S/c1-14(2)13-22-21(24)15(3)29-17-5-7-18(8-6-17)30(25,26)23-16-4-9-19-20(12-16)28-11-10-27-19/h4-9,12,14-15,23H,10-11,13H2,1-3H3,(H,22,24)/t15-/m1/s1.